The molecule has 19 heavy (non-hydrogen) atoms. The molecular weight excluding hydrogens is 244 g/mol. The molecule has 3 amide bonds. The third kappa shape index (κ3) is 2.61. The first-order valence-corrected chi connectivity index (χ1v) is 7.23. The molecule has 1 spiro atoms. The molecule has 2 rings (SSSR count). The van der Waals surface area contributed by atoms with Crippen LogP contribution in [0, 0.1) is 5.92 Å². The summed E-state index contributed by atoms with van der Waals surface area (Å²) in [7, 11) is 0. The first kappa shape index (κ1) is 14.3. The fourth-order valence-electron chi connectivity index (χ4n) is 3.08. The van der Waals surface area contributed by atoms with Crippen molar-refractivity contribution in [2.75, 3.05) is 13.2 Å². The van der Waals surface area contributed by atoms with E-state index in [1.165, 1.54) is 4.90 Å². The molecule has 0 aromatic rings. The number of urea groups is 1. The third-order valence-electron chi connectivity index (χ3n) is 4.27. The van der Waals surface area contributed by atoms with Crippen molar-refractivity contribution in [1.29, 1.82) is 0 Å². The first-order chi connectivity index (χ1) is 8.97. The minimum atomic E-state index is -0.646. The molecule has 108 valence electrons. The highest BCUT2D eigenvalue weighted by Crippen LogP contribution is 2.38. The molecule has 1 saturated carbocycles. The Bertz CT molecular complexity index is 370. The Morgan fingerprint density at radius 1 is 1.42 bits per heavy atom. The maximum Gasteiger partial charge on any atom is 0.325 e. The molecule has 1 saturated heterocycles. The van der Waals surface area contributed by atoms with Crippen molar-refractivity contribution in [1.82, 2.24) is 10.2 Å². The van der Waals surface area contributed by atoms with Crippen LogP contribution in [0.4, 0.5) is 4.79 Å². The van der Waals surface area contributed by atoms with Crippen molar-refractivity contribution >= 4 is 11.9 Å². The Morgan fingerprint density at radius 2 is 2.16 bits per heavy atom. The van der Waals surface area contributed by atoms with Crippen LogP contribution in [0.1, 0.15) is 46.5 Å². The molecular formula is C14H24N2O3. The predicted octanol–water partition coefficient (Wildman–Crippen LogP) is 1.91. The van der Waals surface area contributed by atoms with E-state index >= 15 is 0 Å². The average molecular weight is 268 g/mol. The van der Waals surface area contributed by atoms with E-state index in [4.69, 9.17) is 4.74 Å². The molecule has 0 unspecified atom stereocenters. The van der Waals surface area contributed by atoms with Gasteiger partial charge in [0.25, 0.3) is 5.91 Å². The predicted molar refractivity (Wildman–Crippen MR) is 71.7 cm³/mol. The molecule has 1 N–H and O–H groups in total. The van der Waals surface area contributed by atoms with E-state index < -0.39 is 5.54 Å². The normalized spacial score (nSPS) is 31.4. The van der Waals surface area contributed by atoms with Crippen molar-refractivity contribution in [2.24, 2.45) is 5.92 Å². The highest BCUT2D eigenvalue weighted by molar-refractivity contribution is 6.07. The lowest BCUT2D eigenvalue weighted by Crippen LogP contribution is -2.54. The monoisotopic (exact) mass is 268 g/mol. The number of carbonyl (C=O) groups is 2. The molecule has 0 aromatic heterocycles. The van der Waals surface area contributed by atoms with Gasteiger partial charge in [0.1, 0.15) is 5.54 Å². The standard InChI is InChI=1S/C14H24N2O3/c1-10(2)19-9-8-16-12(17)14(15-13(16)18)7-5-4-6-11(14)3/h10-11H,4-9H2,1-3H3,(H,15,18)/t11-,14-/m0/s1. The number of hydrogen-bond acceptors (Lipinski definition) is 3. The molecule has 2 fully saturated rings. The Labute approximate surface area is 114 Å². The summed E-state index contributed by atoms with van der Waals surface area (Å²) in [6.45, 7) is 6.69. The van der Waals surface area contributed by atoms with Crippen LogP contribution < -0.4 is 5.32 Å². The SMILES string of the molecule is CC(C)OCCN1C(=O)N[C@]2(CCCC[C@@H]2C)C1=O. The maximum absolute atomic E-state index is 12.6. The van der Waals surface area contributed by atoms with Gasteiger partial charge in [0, 0.05) is 0 Å². The van der Waals surface area contributed by atoms with Gasteiger partial charge in [-0.25, -0.2) is 4.79 Å². The molecule has 0 radical (unpaired) electrons. The summed E-state index contributed by atoms with van der Waals surface area (Å²) in [6.07, 6.45) is 4.03. The molecule has 2 aliphatic rings. The van der Waals surface area contributed by atoms with Crippen LogP contribution in [0.25, 0.3) is 0 Å². The molecule has 1 aliphatic carbocycles. The van der Waals surface area contributed by atoms with Crippen molar-refractivity contribution < 1.29 is 14.3 Å². The van der Waals surface area contributed by atoms with Crippen molar-refractivity contribution in [2.45, 2.75) is 58.1 Å². The molecule has 1 heterocycles. The molecule has 5 nitrogen and oxygen atoms in total. The van der Waals surface area contributed by atoms with E-state index in [1.54, 1.807) is 0 Å². The summed E-state index contributed by atoms with van der Waals surface area (Å²) in [6, 6.07) is -0.258. The second-order valence-electron chi connectivity index (χ2n) is 5.92. The van der Waals surface area contributed by atoms with Gasteiger partial charge in [-0.15, -0.1) is 0 Å². The molecule has 0 bridgehead atoms. The van der Waals surface area contributed by atoms with Gasteiger partial charge in [-0.2, -0.15) is 0 Å². The van der Waals surface area contributed by atoms with E-state index in [-0.39, 0.29) is 24.0 Å². The van der Waals surface area contributed by atoms with Crippen molar-refractivity contribution in [3.63, 3.8) is 0 Å². The number of carbonyl (C=O) groups excluding carboxylic acids is 2. The van der Waals surface area contributed by atoms with Crippen LogP contribution in [-0.4, -0.2) is 41.6 Å². The largest absolute Gasteiger partial charge is 0.377 e. The zero-order valence-electron chi connectivity index (χ0n) is 12.1. The van der Waals surface area contributed by atoms with Gasteiger partial charge in [0.15, 0.2) is 0 Å². The second-order valence-corrected chi connectivity index (χ2v) is 5.92. The second kappa shape index (κ2) is 5.49. The van der Waals surface area contributed by atoms with E-state index in [2.05, 4.69) is 12.2 Å². The van der Waals surface area contributed by atoms with E-state index in [9.17, 15) is 9.59 Å². The van der Waals surface area contributed by atoms with Crippen LogP contribution in [0.3, 0.4) is 0 Å². The minimum absolute atomic E-state index is 0.0583. The van der Waals surface area contributed by atoms with Gasteiger partial charge in [0.05, 0.1) is 19.3 Å². The summed E-state index contributed by atoms with van der Waals surface area (Å²) in [5, 5.41) is 2.94. The Balaban J connectivity index is 2.03. The fourth-order valence-corrected chi connectivity index (χ4v) is 3.08. The number of hydrogen-bond donors (Lipinski definition) is 1. The fraction of sp³-hybridized carbons (Fsp3) is 0.857. The van der Waals surface area contributed by atoms with E-state index in [1.807, 2.05) is 13.8 Å². The highest BCUT2D eigenvalue weighted by Gasteiger charge is 2.54. The smallest absolute Gasteiger partial charge is 0.325 e. The molecule has 0 aromatic carbocycles. The van der Waals surface area contributed by atoms with Crippen LogP contribution in [0.2, 0.25) is 0 Å². The summed E-state index contributed by atoms with van der Waals surface area (Å²) < 4.78 is 5.43. The van der Waals surface area contributed by atoms with Gasteiger partial charge in [-0.05, 0) is 32.6 Å². The summed E-state index contributed by atoms with van der Waals surface area (Å²) in [5.74, 6) is 0.158. The maximum atomic E-state index is 12.6. The first-order valence-electron chi connectivity index (χ1n) is 7.23. The van der Waals surface area contributed by atoms with Crippen molar-refractivity contribution in [3.8, 4) is 0 Å². The highest BCUT2D eigenvalue weighted by atomic mass is 16.5. The van der Waals surface area contributed by atoms with Gasteiger partial charge >= 0.3 is 6.03 Å². The summed E-state index contributed by atoms with van der Waals surface area (Å²) in [5.41, 5.74) is -0.646. The summed E-state index contributed by atoms with van der Waals surface area (Å²) >= 11 is 0. The average Bonchev–Trinajstić information content (AvgIpc) is 2.58. The topological polar surface area (TPSA) is 58.6 Å². The summed E-state index contributed by atoms with van der Waals surface area (Å²) in [4.78, 5) is 25.9. The van der Waals surface area contributed by atoms with E-state index in [0.29, 0.717) is 13.2 Å². The van der Waals surface area contributed by atoms with Crippen LogP contribution in [0.15, 0.2) is 0 Å². The number of ether oxygens (including phenoxy) is 1. The third-order valence-corrected chi connectivity index (χ3v) is 4.27. The molecule has 5 heteroatoms. The van der Waals surface area contributed by atoms with Gasteiger partial charge in [-0.1, -0.05) is 19.8 Å². The quantitative estimate of drug-likeness (QED) is 0.792. The van der Waals surface area contributed by atoms with Gasteiger partial charge < -0.3 is 10.1 Å². The lowest BCUT2D eigenvalue weighted by molar-refractivity contribution is -0.134. The number of rotatable bonds is 4. The van der Waals surface area contributed by atoms with E-state index in [0.717, 1.165) is 25.7 Å². The Hall–Kier alpha value is -1.10. The lowest BCUT2D eigenvalue weighted by Gasteiger charge is -2.36. The number of imide groups is 1. The molecule has 1 aliphatic heterocycles. The van der Waals surface area contributed by atoms with Gasteiger partial charge in [0.2, 0.25) is 0 Å². The van der Waals surface area contributed by atoms with Gasteiger partial charge in [-0.3, -0.25) is 9.69 Å². The lowest BCUT2D eigenvalue weighted by atomic mass is 9.73. The zero-order valence-corrected chi connectivity index (χ0v) is 12.1. The van der Waals surface area contributed by atoms with Crippen LogP contribution in [-0.2, 0) is 9.53 Å². The van der Waals surface area contributed by atoms with Crippen LogP contribution in [0.5, 0.6) is 0 Å². The number of nitrogens with one attached hydrogen (secondary N) is 1. The van der Waals surface area contributed by atoms with Crippen molar-refractivity contribution in [3.05, 3.63) is 0 Å². The Morgan fingerprint density at radius 3 is 2.79 bits per heavy atom. The zero-order chi connectivity index (χ0) is 14.0. The van der Waals surface area contributed by atoms with Crippen LogP contribution >= 0.6 is 0 Å². The molecule has 2 atom stereocenters. The number of nitrogens with zero attached hydrogens (tertiary/aromatic N) is 1. The Kier molecular flexibility index (Phi) is 4.13. The minimum Gasteiger partial charge on any atom is -0.377 e. The number of amides is 3.